The van der Waals surface area contributed by atoms with Crippen molar-refractivity contribution in [2.24, 2.45) is 5.73 Å². The molecule has 0 spiro atoms. The fourth-order valence-electron chi connectivity index (χ4n) is 3.46. The van der Waals surface area contributed by atoms with Crippen LogP contribution in [-0.2, 0) is 28.7 Å². The molecule has 4 amide bonds. The molecule has 1 rings (SSSR count). The average molecular weight is 523 g/mol. The van der Waals surface area contributed by atoms with Crippen LogP contribution in [-0.4, -0.2) is 71.1 Å². The summed E-state index contributed by atoms with van der Waals surface area (Å²) in [4.78, 5) is 63.9. The maximum Gasteiger partial charge on any atom is 0.408 e. The molecular formula is C25H38N4O8. The number of alkyl carbamates (subject to hydrolysis) is 1. The summed E-state index contributed by atoms with van der Waals surface area (Å²) in [6.45, 7) is 10.0. The molecule has 0 aliphatic rings. The van der Waals surface area contributed by atoms with Crippen LogP contribution in [0, 0.1) is 6.92 Å². The lowest BCUT2D eigenvalue weighted by Gasteiger charge is -2.33. The first-order valence-electron chi connectivity index (χ1n) is 12.0. The van der Waals surface area contributed by atoms with E-state index in [1.165, 1.54) is 17.0 Å². The highest BCUT2D eigenvalue weighted by Crippen LogP contribution is 2.27. The predicted octanol–water partition coefficient (Wildman–Crippen LogP) is 1.43. The van der Waals surface area contributed by atoms with Gasteiger partial charge in [-0.2, -0.15) is 0 Å². The molecule has 12 nitrogen and oxygen atoms in total. The molecule has 0 saturated heterocycles. The van der Waals surface area contributed by atoms with Crippen molar-refractivity contribution in [3.8, 4) is 5.75 Å². The Kier molecular flexibility index (Phi) is 11.8. The van der Waals surface area contributed by atoms with Crippen molar-refractivity contribution in [1.29, 1.82) is 0 Å². The minimum absolute atomic E-state index is 0.00204. The number of ether oxygens (including phenoxy) is 2. The number of phenolic OH excluding ortho intramolecular Hbond substituents is 1. The third kappa shape index (κ3) is 10.4. The maximum absolute atomic E-state index is 13.6. The Morgan fingerprint density at radius 3 is 2.30 bits per heavy atom. The first kappa shape index (κ1) is 31.2. The average Bonchev–Trinajstić information content (AvgIpc) is 2.77. The highest BCUT2D eigenvalue weighted by Gasteiger charge is 2.36. The summed E-state index contributed by atoms with van der Waals surface area (Å²) in [6, 6.07) is 1.81. The molecule has 1 aromatic carbocycles. The molecule has 0 heterocycles. The van der Waals surface area contributed by atoms with E-state index in [1.54, 1.807) is 47.6 Å². The number of aromatic hydroxyl groups is 1. The van der Waals surface area contributed by atoms with Crippen molar-refractivity contribution in [3.05, 3.63) is 29.3 Å². The highest BCUT2D eigenvalue weighted by atomic mass is 16.6. The van der Waals surface area contributed by atoms with E-state index in [1.807, 2.05) is 0 Å². The molecule has 5 N–H and O–H groups in total. The number of carbonyl (C=O) groups is 5. The lowest BCUT2D eigenvalue weighted by molar-refractivity contribution is -0.144. The van der Waals surface area contributed by atoms with Gasteiger partial charge in [0.05, 0.1) is 19.4 Å². The van der Waals surface area contributed by atoms with Crippen LogP contribution in [0.15, 0.2) is 18.2 Å². The number of nitrogens with one attached hydrogen (secondary N) is 2. The lowest BCUT2D eigenvalue weighted by Crippen LogP contribution is -2.54. The second-order valence-electron chi connectivity index (χ2n) is 9.29. The zero-order chi connectivity index (χ0) is 28.3. The van der Waals surface area contributed by atoms with Gasteiger partial charge >= 0.3 is 12.1 Å². The Balaban J connectivity index is 3.34. The molecule has 12 heteroatoms. The normalized spacial score (nSPS) is 12.6. The molecule has 0 bridgehead atoms. The number of phenols is 1. The van der Waals surface area contributed by atoms with Gasteiger partial charge in [-0.1, -0.05) is 6.07 Å². The molecule has 0 aromatic heterocycles. The molecule has 2 unspecified atom stereocenters. The molecular weight excluding hydrogens is 484 g/mol. The van der Waals surface area contributed by atoms with Crippen LogP contribution in [0.2, 0.25) is 0 Å². The number of likely N-dealkylation sites (N-methyl/N-ethyl adjacent to an activating group) is 1. The number of hydrogen-bond acceptors (Lipinski definition) is 8. The molecule has 0 saturated carbocycles. The van der Waals surface area contributed by atoms with Gasteiger partial charge in [0.2, 0.25) is 17.7 Å². The van der Waals surface area contributed by atoms with Crippen LogP contribution < -0.4 is 16.4 Å². The quantitative estimate of drug-likeness (QED) is 0.298. The predicted molar refractivity (Wildman–Crippen MR) is 134 cm³/mol. The van der Waals surface area contributed by atoms with Crippen molar-refractivity contribution >= 4 is 29.8 Å². The molecule has 0 aliphatic carbocycles. The standard InChI is InChI=1S/C25H38N4O8/c1-7-29(23(34)17(14-19(26)31)28-24(35)37-25(4,5)6)21(16-9-10-18(30)15(3)13-16)22(33)27-12-11-20(32)36-8-2/h9-10,13,17,21,30H,7-8,11-12,14H2,1-6H3,(H2,26,31)(H,27,33)(H,28,35). The SMILES string of the molecule is CCOC(=O)CCNC(=O)C(c1ccc(O)c(C)c1)N(CC)C(=O)C(CC(N)=O)NC(=O)OC(C)(C)C. The van der Waals surface area contributed by atoms with Crippen LogP contribution in [0.3, 0.4) is 0 Å². The van der Waals surface area contributed by atoms with Crippen LogP contribution in [0.5, 0.6) is 5.75 Å². The van der Waals surface area contributed by atoms with Gasteiger partial charge in [0, 0.05) is 13.1 Å². The van der Waals surface area contributed by atoms with E-state index >= 15 is 0 Å². The van der Waals surface area contributed by atoms with Gasteiger partial charge in [-0.25, -0.2) is 4.79 Å². The zero-order valence-corrected chi connectivity index (χ0v) is 22.3. The van der Waals surface area contributed by atoms with Crippen molar-refractivity contribution in [3.63, 3.8) is 0 Å². The molecule has 37 heavy (non-hydrogen) atoms. The van der Waals surface area contributed by atoms with Gasteiger partial charge in [0.25, 0.3) is 0 Å². The monoisotopic (exact) mass is 522 g/mol. The summed E-state index contributed by atoms with van der Waals surface area (Å²) in [5, 5.41) is 15.0. The Morgan fingerprint density at radius 1 is 1.14 bits per heavy atom. The number of nitrogens with two attached hydrogens (primary N) is 1. The first-order valence-corrected chi connectivity index (χ1v) is 12.0. The molecule has 0 aliphatic heterocycles. The topological polar surface area (TPSA) is 177 Å². The van der Waals surface area contributed by atoms with Crippen molar-refractivity contribution in [2.75, 3.05) is 19.7 Å². The van der Waals surface area contributed by atoms with E-state index in [-0.39, 0.29) is 31.9 Å². The number of esters is 1. The van der Waals surface area contributed by atoms with E-state index in [0.717, 1.165) is 0 Å². The number of carbonyl (C=O) groups excluding carboxylic acids is 5. The van der Waals surface area contributed by atoms with E-state index in [2.05, 4.69) is 10.6 Å². The van der Waals surface area contributed by atoms with Gasteiger partial charge < -0.3 is 35.8 Å². The van der Waals surface area contributed by atoms with Gasteiger partial charge in [-0.05, 0) is 64.8 Å². The number of amides is 4. The number of primary amides is 1. The van der Waals surface area contributed by atoms with Gasteiger partial charge in [-0.3, -0.25) is 19.2 Å². The Hall–Kier alpha value is -3.83. The fraction of sp³-hybridized carbons (Fsp3) is 0.560. The minimum Gasteiger partial charge on any atom is -0.508 e. The Morgan fingerprint density at radius 2 is 1.78 bits per heavy atom. The second-order valence-corrected chi connectivity index (χ2v) is 9.29. The van der Waals surface area contributed by atoms with Crippen LogP contribution in [0.1, 0.15) is 64.6 Å². The largest absolute Gasteiger partial charge is 0.508 e. The number of nitrogens with zero attached hydrogens (tertiary/aromatic N) is 1. The summed E-state index contributed by atoms with van der Waals surface area (Å²) < 4.78 is 10.1. The van der Waals surface area contributed by atoms with Gasteiger partial charge in [0.15, 0.2) is 0 Å². The third-order valence-corrected chi connectivity index (χ3v) is 5.05. The molecule has 1 aromatic rings. The van der Waals surface area contributed by atoms with Crippen LogP contribution >= 0.6 is 0 Å². The Labute approximate surface area is 216 Å². The summed E-state index contributed by atoms with van der Waals surface area (Å²) in [5.74, 6) is -2.70. The van der Waals surface area contributed by atoms with Crippen LogP contribution in [0.25, 0.3) is 0 Å². The lowest BCUT2D eigenvalue weighted by atomic mass is 10.00. The number of aryl methyl sites for hydroxylation is 1. The first-order chi connectivity index (χ1) is 17.2. The number of hydrogen-bond donors (Lipinski definition) is 4. The number of rotatable bonds is 12. The minimum atomic E-state index is -1.40. The van der Waals surface area contributed by atoms with E-state index in [4.69, 9.17) is 15.2 Å². The molecule has 0 radical (unpaired) electrons. The molecule has 206 valence electrons. The van der Waals surface area contributed by atoms with Crippen molar-refractivity contribution < 1.29 is 38.6 Å². The molecule has 2 atom stereocenters. The number of benzene rings is 1. The van der Waals surface area contributed by atoms with E-state index < -0.39 is 53.9 Å². The van der Waals surface area contributed by atoms with Crippen LogP contribution in [0.4, 0.5) is 4.79 Å². The summed E-state index contributed by atoms with van der Waals surface area (Å²) in [5.41, 5.74) is 5.30. The zero-order valence-electron chi connectivity index (χ0n) is 22.3. The highest BCUT2D eigenvalue weighted by molar-refractivity contribution is 5.94. The maximum atomic E-state index is 13.6. The van der Waals surface area contributed by atoms with Gasteiger partial charge in [0.1, 0.15) is 23.4 Å². The fourth-order valence-corrected chi connectivity index (χ4v) is 3.46. The van der Waals surface area contributed by atoms with Crippen molar-refractivity contribution in [1.82, 2.24) is 15.5 Å². The van der Waals surface area contributed by atoms with E-state index in [9.17, 15) is 29.1 Å². The summed E-state index contributed by atoms with van der Waals surface area (Å²) in [6.07, 6.45) is -1.54. The smallest absolute Gasteiger partial charge is 0.408 e. The third-order valence-electron chi connectivity index (χ3n) is 5.05. The molecule has 0 fully saturated rings. The summed E-state index contributed by atoms with van der Waals surface area (Å²) >= 11 is 0. The van der Waals surface area contributed by atoms with Crippen molar-refractivity contribution in [2.45, 2.75) is 72.1 Å². The summed E-state index contributed by atoms with van der Waals surface area (Å²) in [7, 11) is 0. The van der Waals surface area contributed by atoms with Gasteiger partial charge in [-0.15, -0.1) is 0 Å². The van der Waals surface area contributed by atoms with E-state index in [0.29, 0.717) is 11.1 Å². The Bertz CT molecular complexity index is 989. The second kappa shape index (κ2) is 14.0.